The molecule has 0 bridgehead atoms. The number of carbonyl (C=O) groups is 3. The maximum absolute atomic E-state index is 12.7. The van der Waals surface area contributed by atoms with Crippen molar-refractivity contribution >= 4 is 18.0 Å². The van der Waals surface area contributed by atoms with E-state index in [-0.39, 0.29) is 43.9 Å². The molecule has 2 aliphatic carbocycles. The van der Waals surface area contributed by atoms with E-state index in [4.69, 9.17) is 9.84 Å². The molecule has 0 spiro atoms. The summed E-state index contributed by atoms with van der Waals surface area (Å²) in [5.41, 5.74) is 4.57. The number of ether oxygens (including phenoxy) is 1. The fourth-order valence-corrected chi connectivity index (χ4v) is 4.75. The summed E-state index contributed by atoms with van der Waals surface area (Å²) in [5.74, 6) is -1.86. The number of rotatable bonds is 10. The van der Waals surface area contributed by atoms with Gasteiger partial charge in [-0.1, -0.05) is 55.0 Å². The minimum absolute atomic E-state index is 0.0375. The molecule has 2 amide bonds. The lowest BCUT2D eigenvalue weighted by atomic mass is 9.75. The Morgan fingerprint density at radius 2 is 1.59 bits per heavy atom. The van der Waals surface area contributed by atoms with Gasteiger partial charge in [0.25, 0.3) is 0 Å². The van der Waals surface area contributed by atoms with Crippen molar-refractivity contribution in [3.63, 3.8) is 0 Å². The smallest absolute Gasteiger partial charge is 0.407 e. The topological polar surface area (TPSA) is 125 Å². The number of amides is 2. The Bertz CT molecular complexity index is 1010. The number of nitrogens with one attached hydrogen (secondary N) is 2. The van der Waals surface area contributed by atoms with Gasteiger partial charge in [0.15, 0.2) is 6.10 Å². The number of carboxylic acid groups (broad SMARTS) is 1. The van der Waals surface area contributed by atoms with E-state index in [0.717, 1.165) is 41.5 Å². The second-order valence-electron chi connectivity index (χ2n) is 8.94. The van der Waals surface area contributed by atoms with E-state index in [9.17, 15) is 19.5 Å². The van der Waals surface area contributed by atoms with Crippen LogP contribution < -0.4 is 10.6 Å². The molecule has 0 heterocycles. The van der Waals surface area contributed by atoms with Crippen molar-refractivity contribution in [1.82, 2.24) is 10.6 Å². The minimum atomic E-state index is -1.51. The number of carbonyl (C=O) groups excluding carboxylic acids is 2. The number of alkyl carbamates (subject to hydrolysis) is 1. The van der Waals surface area contributed by atoms with Crippen LogP contribution in [0.4, 0.5) is 4.79 Å². The van der Waals surface area contributed by atoms with Crippen molar-refractivity contribution in [2.24, 2.45) is 11.8 Å². The predicted octanol–water partition coefficient (Wildman–Crippen LogP) is 2.89. The highest BCUT2D eigenvalue weighted by atomic mass is 16.5. The van der Waals surface area contributed by atoms with Crippen LogP contribution in [0.25, 0.3) is 11.1 Å². The van der Waals surface area contributed by atoms with Gasteiger partial charge in [-0.05, 0) is 41.0 Å². The van der Waals surface area contributed by atoms with E-state index in [1.807, 2.05) is 24.3 Å². The quantitative estimate of drug-likeness (QED) is 0.427. The zero-order valence-corrected chi connectivity index (χ0v) is 18.9. The van der Waals surface area contributed by atoms with E-state index in [0.29, 0.717) is 0 Å². The zero-order chi connectivity index (χ0) is 24.1. The second-order valence-corrected chi connectivity index (χ2v) is 8.94. The van der Waals surface area contributed by atoms with Crippen LogP contribution in [0.2, 0.25) is 0 Å². The number of aliphatic hydroxyl groups excluding tert-OH is 1. The first-order valence-electron chi connectivity index (χ1n) is 11.7. The molecule has 2 aromatic rings. The number of aliphatic carboxylic acids is 1. The van der Waals surface area contributed by atoms with Crippen LogP contribution in [0, 0.1) is 11.8 Å². The maximum atomic E-state index is 12.7. The van der Waals surface area contributed by atoms with Crippen LogP contribution in [-0.2, 0) is 14.3 Å². The Morgan fingerprint density at radius 1 is 0.971 bits per heavy atom. The van der Waals surface area contributed by atoms with E-state index in [1.54, 1.807) is 0 Å². The molecule has 8 heteroatoms. The predicted molar refractivity (Wildman–Crippen MR) is 125 cm³/mol. The van der Waals surface area contributed by atoms with Crippen molar-refractivity contribution in [2.75, 3.05) is 19.7 Å². The summed E-state index contributed by atoms with van der Waals surface area (Å²) in [4.78, 5) is 35.9. The van der Waals surface area contributed by atoms with Crippen LogP contribution in [0.15, 0.2) is 48.5 Å². The molecular weight excluding hydrogens is 436 g/mol. The Labute approximate surface area is 198 Å². The lowest BCUT2D eigenvalue weighted by Crippen LogP contribution is -2.45. The van der Waals surface area contributed by atoms with Crippen LogP contribution in [0.1, 0.15) is 42.7 Å². The zero-order valence-electron chi connectivity index (χ0n) is 18.9. The van der Waals surface area contributed by atoms with Gasteiger partial charge < -0.3 is 25.6 Å². The highest BCUT2D eigenvalue weighted by molar-refractivity contribution is 5.81. The molecule has 4 N–H and O–H groups in total. The van der Waals surface area contributed by atoms with Crippen LogP contribution in [0.5, 0.6) is 0 Å². The Hall–Kier alpha value is -3.39. The van der Waals surface area contributed by atoms with Crippen LogP contribution in [-0.4, -0.2) is 54.0 Å². The monoisotopic (exact) mass is 466 g/mol. The van der Waals surface area contributed by atoms with Gasteiger partial charge in [0.2, 0.25) is 5.91 Å². The van der Waals surface area contributed by atoms with Gasteiger partial charge in [-0.15, -0.1) is 0 Å². The van der Waals surface area contributed by atoms with E-state index >= 15 is 0 Å². The largest absolute Gasteiger partial charge is 0.479 e. The summed E-state index contributed by atoms with van der Waals surface area (Å²) in [7, 11) is 0. The molecule has 0 aliphatic heterocycles. The highest BCUT2D eigenvalue weighted by Crippen LogP contribution is 2.44. The second kappa shape index (κ2) is 10.7. The van der Waals surface area contributed by atoms with E-state index in [1.165, 1.54) is 0 Å². The summed E-state index contributed by atoms with van der Waals surface area (Å²) in [6.45, 7) is 0.405. The molecule has 2 unspecified atom stereocenters. The van der Waals surface area contributed by atoms with Gasteiger partial charge in [-0.3, -0.25) is 4.79 Å². The normalized spacial score (nSPS) is 16.5. The van der Waals surface area contributed by atoms with Gasteiger partial charge in [-0.2, -0.15) is 0 Å². The third-order valence-corrected chi connectivity index (χ3v) is 6.87. The summed E-state index contributed by atoms with van der Waals surface area (Å²) >= 11 is 0. The van der Waals surface area contributed by atoms with E-state index < -0.39 is 24.1 Å². The SMILES string of the molecule is O=C(NCC(C(=O)NCCC(O)C(=O)O)C1CCC1)OCC1c2ccccc2-c2ccccc21. The number of hydrogen-bond donors (Lipinski definition) is 4. The fourth-order valence-electron chi connectivity index (χ4n) is 4.75. The number of carboxylic acids is 1. The first-order chi connectivity index (χ1) is 16.5. The van der Waals surface area contributed by atoms with Gasteiger partial charge in [0, 0.05) is 25.4 Å². The average molecular weight is 467 g/mol. The average Bonchev–Trinajstić information content (AvgIpc) is 3.12. The number of benzene rings is 2. The third kappa shape index (κ3) is 5.22. The summed E-state index contributed by atoms with van der Waals surface area (Å²) < 4.78 is 5.56. The van der Waals surface area contributed by atoms with Gasteiger partial charge in [-0.25, -0.2) is 9.59 Å². The molecule has 1 saturated carbocycles. The minimum Gasteiger partial charge on any atom is -0.479 e. The summed E-state index contributed by atoms with van der Waals surface area (Å²) in [5, 5.41) is 23.5. The van der Waals surface area contributed by atoms with Crippen LogP contribution >= 0.6 is 0 Å². The molecule has 2 aromatic carbocycles. The third-order valence-electron chi connectivity index (χ3n) is 6.87. The molecule has 1 fully saturated rings. The lowest BCUT2D eigenvalue weighted by Gasteiger charge is -2.33. The molecule has 4 rings (SSSR count). The Balaban J connectivity index is 1.30. The molecule has 34 heavy (non-hydrogen) atoms. The van der Waals surface area contributed by atoms with Crippen molar-refractivity contribution in [3.8, 4) is 11.1 Å². The Kier molecular flexibility index (Phi) is 7.47. The maximum Gasteiger partial charge on any atom is 0.407 e. The van der Waals surface area contributed by atoms with E-state index in [2.05, 4.69) is 34.9 Å². The first kappa shape index (κ1) is 23.8. The molecule has 180 valence electrons. The first-order valence-corrected chi connectivity index (χ1v) is 11.7. The number of hydrogen-bond acceptors (Lipinski definition) is 5. The summed E-state index contributed by atoms with van der Waals surface area (Å²) in [6, 6.07) is 16.2. The van der Waals surface area contributed by atoms with Crippen molar-refractivity contribution in [2.45, 2.75) is 37.7 Å². The molecular formula is C26H30N2O6. The van der Waals surface area contributed by atoms with Gasteiger partial charge in [0.05, 0.1) is 5.92 Å². The van der Waals surface area contributed by atoms with Gasteiger partial charge in [0.1, 0.15) is 6.61 Å². The van der Waals surface area contributed by atoms with Gasteiger partial charge >= 0.3 is 12.1 Å². The Morgan fingerprint density at radius 3 is 2.15 bits per heavy atom. The molecule has 2 aliphatic rings. The number of aliphatic hydroxyl groups is 1. The van der Waals surface area contributed by atoms with Crippen LogP contribution in [0.3, 0.4) is 0 Å². The summed E-state index contributed by atoms with van der Waals surface area (Å²) in [6.07, 6.45) is 0.696. The highest BCUT2D eigenvalue weighted by Gasteiger charge is 2.33. The fraction of sp³-hybridized carbons (Fsp3) is 0.423. The van der Waals surface area contributed by atoms with Crippen molar-refractivity contribution in [3.05, 3.63) is 59.7 Å². The molecule has 2 atom stereocenters. The lowest BCUT2D eigenvalue weighted by molar-refractivity contribution is -0.147. The molecule has 0 radical (unpaired) electrons. The molecule has 0 aromatic heterocycles. The number of fused-ring (bicyclic) bond motifs is 3. The standard InChI is InChI=1S/C26H30N2O6/c29-23(25(31)32)12-13-27-24(30)21(16-6-5-7-16)14-28-26(33)34-15-22-19-10-3-1-8-17(19)18-9-2-4-11-20(18)22/h1-4,8-11,16,21-23,29H,5-7,12-15H2,(H,27,30)(H,28,33)(H,31,32). The van der Waals surface area contributed by atoms with Crippen molar-refractivity contribution < 1.29 is 29.3 Å². The van der Waals surface area contributed by atoms with Crippen molar-refractivity contribution in [1.29, 1.82) is 0 Å². The molecule has 8 nitrogen and oxygen atoms in total. The molecule has 0 saturated heterocycles.